The summed E-state index contributed by atoms with van der Waals surface area (Å²) in [4.78, 5) is 12.6. The number of fused-ring (bicyclic) bond motifs is 1. The van der Waals surface area contributed by atoms with Crippen LogP contribution in [0.25, 0.3) is 33.0 Å². The van der Waals surface area contributed by atoms with E-state index in [0.29, 0.717) is 12.2 Å². The molecule has 0 unspecified atom stereocenters. The first-order valence-electron chi connectivity index (χ1n) is 9.13. The van der Waals surface area contributed by atoms with E-state index in [4.69, 9.17) is 4.74 Å². The van der Waals surface area contributed by atoms with E-state index in [1.807, 2.05) is 61.5 Å². The average molecular weight is 352 g/mol. The molecular weight excluding hydrogens is 332 g/mol. The van der Waals surface area contributed by atoms with Crippen LogP contribution in [0.1, 0.15) is 17.3 Å². The molecule has 4 rings (SSSR count). The maximum atomic E-state index is 12.6. The van der Waals surface area contributed by atoms with Crippen LogP contribution in [0.2, 0.25) is 0 Å². The first-order chi connectivity index (χ1) is 13.3. The first kappa shape index (κ1) is 17.0. The molecule has 0 aliphatic heterocycles. The molecule has 132 valence electrons. The quantitative estimate of drug-likeness (QED) is 0.400. The second kappa shape index (κ2) is 7.46. The molecule has 0 N–H and O–H groups in total. The number of ether oxygens (including phenoxy) is 1. The van der Waals surface area contributed by atoms with Crippen LogP contribution in [0, 0.1) is 0 Å². The lowest BCUT2D eigenvalue weighted by molar-refractivity contribution is 0.0527. The van der Waals surface area contributed by atoms with Crippen molar-refractivity contribution in [2.75, 3.05) is 6.61 Å². The predicted molar refractivity (Wildman–Crippen MR) is 111 cm³/mol. The molecule has 2 heteroatoms. The van der Waals surface area contributed by atoms with Gasteiger partial charge in [0.15, 0.2) is 0 Å². The van der Waals surface area contributed by atoms with Crippen molar-refractivity contribution in [1.29, 1.82) is 0 Å². The van der Waals surface area contributed by atoms with Crippen LogP contribution in [-0.2, 0) is 4.74 Å². The molecule has 0 saturated carbocycles. The molecule has 2 nitrogen and oxygen atoms in total. The van der Waals surface area contributed by atoms with Gasteiger partial charge in [-0.15, -0.1) is 0 Å². The largest absolute Gasteiger partial charge is 0.462 e. The summed E-state index contributed by atoms with van der Waals surface area (Å²) in [6.07, 6.45) is 0. The fourth-order valence-corrected chi connectivity index (χ4v) is 3.51. The molecule has 0 amide bonds. The maximum absolute atomic E-state index is 12.6. The highest BCUT2D eigenvalue weighted by Gasteiger charge is 2.18. The Labute approximate surface area is 159 Å². The monoisotopic (exact) mass is 352 g/mol. The molecule has 4 aromatic carbocycles. The number of benzene rings is 4. The Morgan fingerprint density at radius 2 is 1.44 bits per heavy atom. The van der Waals surface area contributed by atoms with Gasteiger partial charge < -0.3 is 4.74 Å². The van der Waals surface area contributed by atoms with E-state index < -0.39 is 0 Å². The molecule has 0 aromatic heterocycles. The summed E-state index contributed by atoms with van der Waals surface area (Å²) in [5.74, 6) is -0.292. The van der Waals surface area contributed by atoms with Gasteiger partial charge in [-0.2, -0.15) is 0 Å². The van der Waals surface area contributed by atoms with Gasteiger partial charge in [-0.1, -0.05) is 84.9 Å². The summed E-state index contributed by atoms with van der Waals surface area (Å²) in [5.41, 5.74) is 4.77. The van der Waals surface area contributed by atoms with Crippen LogP contribution in [0.4, 0.5) is 0 Å². The maximum Gasteiger partial charge on any atom is 0.338 e. The van der Waals surface area contributed by atoms with E-state index >= 15 is 0 Å². The molecule has 0 saturated heterocycles. The van der Waals surface area contributed by atoms with Gasteiger partial charge in [0.2, 0.25) is 0 Å². The summed E-state index contributed by atoms with van der Waals surface area (Å²) in [6, 6.07) is 30.5. The highest BCUT2D eigenvalue weighted by atomic mass is 16.5. The third-order valence-electron chi connectivity index (χ3n) is 4.71. The van der Waals surface area contributed by atoms with Gasteiger partial charge in [-0.25, -0.2) is 4.79 Å². The lowest BCUT2D eigenvalue weighted by Gasteiger charge is -2.16. The summed E-state index contributed by atoms with van der Waals surface area (Å²) in [5, 5.41) is 2.27. The Bertz CT molecular complexity index is 1100. The molecule has 4 aromatic rings. The molecule has 0 spiro atoms. The van der Waals surface area contributed by atoms with Crippen molar-refractivity contribution < 1.29 is 9.53 Å². The number of hydrogen-bond donors (Lipinski definition) is 0. The smallest absolute Gasteiger partial charge is 0.338 e. The average Bonchev–Trinajstić information content (AvgIpc) is 2.74. The lowest BCUT2D eigenvalue weighted by atomic mass is 9.87. The Kier molecular flexibility index (Phi) is 4.71. The van der Waals surface area contributed by atoms with Crippen molar-refractivity contribution in [3.05, 3.63) is 96.6 Å². The van der Waals surface area contributed by atoms with Crippen molar-refractivity contribution >= 4 is 16.7 Å². The van der Waals surface area contributed by atoms with Crippen LogP contribution >= 0.6 is 0 Å². The molecule has 0 atom stereocenters. The minimum atomic E-state index is -0.292. The summed E-state index contributed by atoms with van der Waals surface area (Å²) >= 11 is 0. The van der Waals surface area contributed by atoms with Gasteiger partial charge in [0.05, 0.1) is 12.2 Å². The van der Waals surface area contributed by atoms with Crippen LogP contribution in [0.5, 0.6) is 0 Å². The van der Waals surface area contributed by atoms with Gasteiger partial charge in [-0.05, 0) is 46.0 Å². The molecule has 0 radical (unpaired) electrons. The van der Waals surface area contributed by atoms with E-state index in [1.54, 1.807) is 0 Å². The van der Waals surface area contributed by atoms with Crippen molar-refractivity contribution in [2.24, 2.45) is 0 Å². The fourth-order valence-electron chi connectivity index (χ4n) is 3.51. The summed E-state index contributed by atoms with van der Waals surface area (Å²) < 4.78 is 5.31. The second-order valence-electron chi connectivity index (χ2n) is 6.34. The molecular formula is C25H20O2. The molecule has 0 aliphatic carbocycles. The Hall–Kier alpha value is -3.39. The van der Waals surface area contributed by atoms with Gasteiger partial charge >= 0.3 is 5.97 Å². The normalized spacial score (nSPS) is 10.7. The van der Waals surface area contributed by atoms with Crippen LogP contribution in [0.3, 0.4) is 0 Å². The lowest BCUT2D eigenvalue weighted by Crippen LogP contribution is -2.06. The number of rotatable bonds is 4. The zero-order chi connectivity index (χ0) is 18.6. The Balaban J connectivity index is 2.06. The van der Waals surface area contributed by atoms with Crippen molar-refractivity contribution in [1.82, 2.24) is 0 Å². The van der Waals surface area contributed by atoms with E-state index in [1.165, 1.54) is 0 Å². The summed E-state index contributed by atoms with van der Waals surface area (Å²) in [6.45, 7) is 2.18. The van der Waals surface area contributed by atoms with Crippen molar-refractivity contribution in [2.45, 2.75) is 6.92 Å². The van der Waals surface area contributed by atoms with E-state index in [-0.39, 0.29) is 5.97 Å². The fraction of sp³-hybridized carbons (Fsp3) is 0.0800. The van der Waals surface area contributed by atoms with Gasteiger partial charge in [-0.3, -0.25) is 0 Å². The number of esters is 1. The third kappa shape index (κ3) is 3.22. The van der Waals surface area contributed by atoms with E-state index in [2.05, 4.69) is 36.4 Å². The summed E-state index contributed by atoms with van der Waals surface area (Å²) in [7, 11) is 0. The first-order valence-corrected chi connectivity index (χ1v) is 9.13. The number of carbonyl (C=O) groups excluding carboxylic acids is 1. The Morgan fingerprint density at radius 3 is 2.26 bits per heavy atom. The topological polar surface area (TPSA) is 26.3 Å². The standard InChI is InChI=1S/C25H20O2/c1-2-27-25(26)23-15-9-8-14-22(23)24-20-13-7-6-12-19(20)16-17-21(24)18-10-4-3-5-11-18/h3-17H,2H2,1H3. The predicted octanol–water partition coefficient (Wildman–Crippen LogP) is 6.35. The second-order valence-corrected chi connectivity index (χ2v) is 6.34. The highest BCUT2D eigenvalue weighted by Crippen LogP contribution is 2.39. The SMILES string of the molecule is CCOC(=O)c1ccccc1-c1c(-c2ccccc2)ccc2ccccc12. The minimum absolute atomic E-state index is 0.292. The molecule has 0 fully saturated rings. The number of hydrogen-bond acceptors (Lipinski definition) is 2. The van der Waals surface area contributed by atoms with Crippen LogP contribution in [-0.4, -0.2) is 12.6 Å². The molecule has 0 aliphatic rings. The van der Waals surface area contributed by atoms with Gasteiger partial charge in [0.1, 0.15) is 0 Å². The minimum Gasteiger partial charge on any atom is -0.462 e. The zero-order valence-electron chi connectivity index (χ0n) is 15.2. The van der Waals surface area contributed by atoms with Gasteiger partial charge in [0.25, 0.3) is 0 Å². The van der Waals surface area contributed by atoms with Crippen molar-refractivity contribution in [3.63, 3.8) is 0 Å². The van der Waals surface area contributed by atoms with Crippen LogP contribution < -0.4 is 0 Å². The third-order valence-corrected chi connectivity index (χ3v) is 4.71. The van der Waals surface area contributed by atoms with E-state index in [0.717, 1.165) is 33.0 Å². The van der Waals surface area contributed by atoms with E-state index in [9.17, 15) is 4.79 Å². The Morgan fingerprint density at radius 1 is 0.741 bits per heavy atom. The van der Waals surface area contributed by atoms with Gasteiger partial charge in [0, 0.05) is 0 Å². The zero-order valence-corrected chi connectivity index (χ0v) is 15.2. The number of carbonyl (C=O) groups is 1. The highest BCUT2D eigenvalue weighted by molar-refractivity contribution is 6.09. The molecule has 0 heterocycles. The molecule has 0 bridgehead atoms. The van der Waals surface area contributed by atoms with Crippen LogP contribution in [0.15, 0.2) is 91.0 Å². The van der Waals surface area contributed by atoms with Crippen molar-refractivity contribution in [3.8, 4) is 22.3 Å². The molecule has 27 heavy (non-hydrogen) atoms.